The van der Waals surface area contributed by atoms with Crippen LogP contribution in [0.5, 0.6) is 0 Å². The van der Waals surface area contributed by atoms with E-state index < -0.39 is 15.8 Å². The zero-order chi connectivity index (χ0) is 8.48. The summed E-state index contributed by atoms with van der Waals surface area (Å²) in [6.45, 7) is 1.59. The standard InChI is InChI=1S/C4H7N3O3S/c1-3-6-4(10-7-3)2-11(5,8)9/h2H2,1H3,(H2,5,8,9). The van der Waals surface area contributed by atoms with Crippen molar-refractivity contribution in [3.8, 4) is 0 Å². The Labute approximate surface area is 63.4 Å². The SMILES string of the molecule is Cc1noc(CS(N)(=O)=O)n1. The van der Waals surface area contributed by atoms with Crippen molar-refractivity contribution in [1.82, 2.24) is 10.1 Å². The number of primary sulfonamides is 1. The summed E-state index contributed by atoms with van der Waals surface area (Å²) in [7, 11) is -3.56. The van der Waals surface area contributed by atoms with Crippen LogP contribution in [0.2, 0.25) is 0 Å². The van der Waals surface area contributed by atoms with E-state index in [9.17, 15) is 8.42 Å². The highest BCUT2D eigenvalue weighted by Gasteiger charge is 2.10. The van der Waals surface area contributed by atoms with E-state index in [1.165, 1.54) is 0 Å². The van der Waals surface area contributed by atoms with Crippen molar-refractivity contribution < 1.29 is 12.9 Å². The van der Waals surface area contributed by atoms with Gasteiger partial charge in [0.05, 0.1) is 0 Å². The first-order chi connectivity index (χ1) is 4.97. The van der Waals surface area contributed by atoms with Gasteiger partial charge >= 0.3 is 0 Å². The molecule has 1 heterocycles. The van der Waals surface area contributed by atoms with E-state index in [0.29, 0.717) is 5.82 Å². The maximum Gasteiger partial charge on any atom is 0.243 e. The minimum absolute atomic E-state index is 0.0185. The van der Waals surface area contributed by atoms with Crippen LogP contribution in [0.3, 0.4) is 0 Å². The van der Waals surface area contributed by atoms with E-state index in [-0.39, 0.29) is 5.89 Å². The molecule has 0 bridgehead atoms. The molecule has 0 aliphatic heterocycles. The normalized spacial score (nSPS) is 11.8. The third kappa shape index (κ3) is 2.64. The van der Waals surface area contributed by atoms with Gasteiger partial charge in [-0.1, -0.05) is 5.16 Å². The molecule has 0 unspecified atom stereocenters. The Morgan fingerprint density at radius 2 is 2.27 bits per heavy atom. The Balaban J connectivity index is 2.81. The van der Waals surface area contributed by atoms with Gasteiger partial charge in [-0.15, -0.1) is 0 Å². The maximum atomic E-state index is 10.5. The number of hydrogen-bond donors (Lipinski definition) is 1. The van der Waals surface area contributed by atoms with Crippen LogP contribution in [-0.4, -0.2) is 18.6 Å². The number of sulfonamides is 1. The topological polar surface area (TPSA) is 99.1 Å². The third-order valence-corrected chi connectivity index (χ3v) is 1.54. The summed E-state index contributed by atoms with van der Waals surface area (Å²) in [5, 5.41) is 8.12. The summed E-state index contributed by atoms with van der Waals surface area (Å²) < 4.78 is 25.4. The second-order valence-electron chi connectivity index (χ2n) is 2.04. The van der Waals surface area contributed by atoms with Gasteiger partial charge in [-0.05, 0) is 6.92 Å². The second kappa shape index (κ2) is 2.59. The van der Waals surface area contributed by atoms with Crippen molar-refractivity contribution in [2.75, 3.05) is 0 Å². The van der Waals surface area contributed by atoms with E-state index in [4.69, 9.17) is 5.14 Å². The fourth-order valence-corrected chi connectivity index (χ4v) is 1.03. The highest BCUT2D eigenvalue weighted by molar-refractivity contribution is 7.88. The lowest BCUT2D eigenvalue weighted by atomic mass is 10.7. The molecule has 2 N–H and O–H groups in total. The molecule has 0 fully saturated rings. The minimum atomic E-state index is -3.56. The molecule has 1 rings (SSSR count). The van der Waals surface area contributed by atoms with Crippen LogP contribution < -0.4 is 5.14 Å². The summed E-state index contributed by atoms with van der Waals surface area (Å²) >= 11 is 0. The molecule has 0 saturated carbocycles. The van der Waals surface area contributed by atoms with Crippen molar-refractivity contribution in [2.45, 2.75) is 12.7 Å². The van der Waals surface area contributed by atoms with Crippen LogP contribution in [0.25, 0.3) is 0 Å². The van der Waals surface area contributed by atoms with Crippen molar-refractivity contribution in [3.63, 3.8) is 0 Å². The van der Waals surface area contributed by atoms with Crippen LogP contribution in [0, 0.1) is 6.92 Å². The van der Waals surface area contributed by atoms with Crippen molar-refractivity contribution in [2.24, 2.45) is 5.14 Å². The van der Waals surface area contributed by atoms with Gasteiger partial charge in [-0.3, -0.25) is 0 Å². The first kappa shape index (κ1) is 8.15. The van der Waals surface area contributed by atoms with Gasteiger partial charge in [0.15, 0.2) is 5.82 Å². The van der Waals surface area contributed by atoms with Crippen molar-refractivity contribution >= 4 is 10.0 Å². The second-order valence-corrected chi connectivity index (χ2v) is 3.66. The van der Waals surface area contributed by atoms with Gasteiger partial charge in [-0.25, -0.2) is 13.6 Å². The fraction of sp³-hybridized carbons (Fsp3) is 0.500. The van der Waals surface area contributed by atoms with Crippen LogP contribution in [0.4, 0.5) is 0 Å². The maximum absolute atomic E-state index is 10.5. The molecule has 0 radical (unpaired) electrons. The quantitative estimate of drug-likeness (QED) is 0.635. The third-order valence-electron chi connectivity index (χ3n) is 0.894. The highest BCUT2D eigenvalue weighted by atomic mass is 32.2. The van der Waals surface area contributed by atoms with E-state index >= 15 is 0 Å². The first-order valence-electron chi connectivity index (χ1n) is 2.77. The first-order valence-corrected chi connectivity index (χ1v) is 4.48. The van der Waals surface area contributed by atoms with Crippen LogP contribution >= 0.6 is 0 Å². The van der Waals surface area contributed by atoms with E-state index in [0.717, 1.165) is 0 Å². The van der Waals surface area contributed by atoms with Crippen LogP contribution in [-0.2, 0) is 15.8 Å². The Kier molecular flexibility index (Phi) is 1.92. The number of hydrogen-bond acceptors (Lipinski definition) is 5. The molecular formula is C4H7N3O3S. The predicted molar refractivity (Wildman–Crippen MR) is 35.8 cm³/mol. The smallest absolute Gasteiger partial charge is 0.243 e. The number of nitrogens with two attached hydrogens (primary N) is 1. The average Bonchev–Trinajstić information content (AvgIpc) is 2.10. The van der Waals surface area contributed by atoms with Crippen LogP contribution in [0.15, 0.2) is 4.52 Å². The molecule has 6 nitrogen and oxygen atoms in total. The predicted octanol–water partition coefficient (Wildman–Crippen LogP) is -0.833. The largest absolute Gasteiger partial charge is 0.338 e. The van der Waals surface area contributed by atoms with Gasteiger partial charge in [0.25, 0.3) is 0 Å². The molecule has 0 saturated heterocycles. The molecule has 0 aliphatic carbocycles. The van der Waals surface area contributed by atoms with Gasteiger partial charge in [-0.2, -0.15) is 4.98 Å². The summed E-state index contributed by atoms with van der Waals surface area (Å²) in [6.07, 6.45) is 0. The average molecular weight is 177 g/mol. The Bertz CT molecular complexity index is 341. The fourth-order valence-electron chi connectivity index (χ4n) is 0.571. The monoisotopic (exact) mass is 177 g/mol. The minimum Gasteiger partial charge on any atom is -0.338 e. The molecule has 7 heteroatoms. The zero-order valence-corrected chi connectivity index (χ0v) is 6.63. The van der Waals surface area contributed by atoms with Gasteiger partial charge in [0.2, 0.25) is 15.9 Å². The van der Waals surface area contributed by atoms with E-state index in [1.807, 2.05) is 0 Å². The molecule has 1 aromatic rings. The Morgan fingerprint density at radius 3 is 2.64 bits per heavy atom. The molecule has 0 spiro atoms. The van der Waals surface area contributed by atoms with Crippen molar-refractivity contribution in [1.29, 1.82) is 0 Å². The molecule has 11 heavy (non-hydrogen) atoms. The Morgan fingerprint density at radius 1 is 1.64 bits per heavy atom. The molecule has 0 atom stereocenters. The van der Waals surface area contributed by atoms with Gasteiger partial charge in [0.1, 0.15) is 5.75 Å². The van der Waals surface area contributed by atoms with Crippen LogP contribution in [0.1, 0.15) is 11.7 Å². The number of aryl methyl sites for hydroxylation is 1. The lowest BCUT2D eigenvalue weighted by molar-refractivity contribution is 0.384. The zero-order valence-electron chi connectivity index (χ0n) is 5.81. The number of rotatable bonds is 2. The molecule has 0 aliphatic rings. The van der Waals surface area contributed by atoms with Gasteiger partial charge < -0.3 is 4.52 Å². The molecule has 0 aromatic carbocycles. The molecule has 62 valence electrons. The number of nitrogens with zero attached hydrogens (tertiary/aromatic N) is 2. The van der Waals surface area contributed by atoms with E-state index in [2.05, 4.69) is 14.7 Å². The Hall–Kier alpha value is -0.950. The summed E-state index contributed by atoms with van der Waals surface area (Å²) in [5.74, 6) is 0.00190. The molecular weight excluding hydrogens is 170 g/mol. The van der Waals surface area contributed by atoms with E-state index in [1.54, 1.807) is 6.92 Å². The highest BCUT2D eigenvalue weighted by Crippen LogP contribution is 1.98. The summed E-state index contributed by atoms with van der Waals surface area (Å²) in [4.78, 5) is 3.66. The lowest BCUT2D eigenvalue weighted by Gasteiger charge is -1.87. The summed E-state index contributed by atoms with van der Waals surface area (Å²) in [6, 6.07) is 0. The van der Waals surface area contributed by atoms with Crippen molar-refractivity contribution in [3.05, 3.63) is 11.7 Å². The molecule has 0 amide bonds. The summed E-state index contributed by atoms with van der Waals surface area (Å²) in [5.41, 5.74) is 0. The molecule has 1 aromatic heterocycles. The number of aromatic nitrogens is 2. The lowest BCUT2D eigenvalue weighted by Crippen LogP contribution is -2.14. The van der Waals surface area contributed by atoms with Gasteiger partial charge in [0, 0.05) is 0 Å².